The Morgan fingerprint density at radius 3 is 3.05 bits per heavy atom. The van der Waals surface area contributed by atoms with Crippen molar-refractivity contribution in [3.8, 4) is 17.1 Å². The molecule has 0 saturated heterocycles. The summed E-state index contributed by atoms with van der Waals surface area (Å²) in [6.45, 7) is 2.17. The zero-order valence-corrected chi connectivity index (χ0v) is 12.2. The van der Waals surface area contributed by atoms with Crippen molar-refractivity contribution in [2.24, 2.45) is 0 Å². The van der Waals surface area contributed by atoms with Gasteiger partial charge in [0.1, 0.15) is 11.6 Å². The average Bonchev–Trinajstić information content (AvgIpc) is 2.67. The van der Waals surface area contributed by atoms with Crippen LogP contribution in [0.25, 0.3) is 11.4 Å². The Balaban J connectivity index is 2.10. The summed E-state index contributed by atoms with van der Waals surface area (Å²) >= 11 is 3.44. The maximum atomic E-state index is 5.47. The molecule has 19 heavy (non-hydrogen) atoms. The Kier molecular flexibility index (Phi) is 3.52. The quantitative estimate of drug-likeness (QED) is 0.850. The summed E-state index contributed by atoms with van der Waals surface area (Å²) in [6, 6.07) is 5.91. The van der Waals surface area contributed by atoms with Crippen LogP contribution in [-0.2, 0) is 17.7 Å². The van der Waals surface area contributed by atoms with Crippen LogP contribution in [0.1, 0.15) is 5.82 Å². The molecule has 0 aliphatic carbocycles. The van der Waals surface area contributed by atoms with Gasteiger partial charge in [0.2, 0.25) is 0 Å². The van der Waals surface area contributed by atoms with Gasteiger partial charge in [0.15, 0.2) is 5.82 Å². The minimum atomic E-state index is 0.691. The molecule has 2 heterocycles. The van der Waals surface area contributed by atoms with Crippen molar-refractivity contribution in [2.45, 2.75) is 13.0 Å². The molecule has 0 N–H and O–H groups in total. The molecule has 2 aromatic rings. The van der Waals surface area contributed by atoms with E-state index in [1.807, 2.05) is 18.2 Å². The van der Waals surface area contributed by atoms with E-state index in [0.29, 0.717) is 13.2 Å². The second-order valence-corrected chi connectivity index (χ2v) is 5.21. The second-order valence-electron chi connectivity index (χ2n) is 4.30. The fraction of sp³-hybridized carbons (Fsp3) is 0.385. The van der Waals surface area contributed by atoms with E-state index >= 15 is 0 Å². The van der Waals surface area contributed by atoms with Gasteiger partial charge in [-0.1, -0.05) is 15.9 Å². The predicted molar refractivity (Wildman–Crippen MR) is 74.2 cm³/mol. The summed E-state index contributed by atoms with van der Waals surface area (Å²) in [4.78, 5) is 0. The first-order chi connectivity index (χ1) is 9.29. The highest BCUT2D eigenvalue weighted by Gasteiger charge is 2.18. The van der Waals surface area contributed by atoms with E-state index in [-0.39, 0.29) is 0 Å². The standard InChI is InChI=1S/C13H14BrN3O2/c1-18-11-8-9(14)2-3-10(11)13-16-15-12-4-6-19-7-5-17(12)13/h2-3,8H,4-7H2,1H3. The van der Waals surface area contributed by atoms with Gasteiger partial charge in [0.25, 0.3) is 0 Å². The number of aromatic nitrogens is 3. The van der Waals surface area contributed by atoms with Crippen molar-refractivity contribution in [2.75, 3.05) is 20.3 Å². The van der Waals surface area contributed by atoms with Crippen LogP contribution in [-0.4, -0.2) is 35.1 Å². The Hall–Kier alpha value is -1.40. The molecule has 0 radical (unpaired) electrons. The molecular weight excluding hydrogens is 310 g/mol. The molecule has 0 saturated carbocycles. The molecule has 3 rings (SSSR count). The van der Waals surface area contributed by atoms with Gasteiger partial charge in [0.05, 0.1) is 25.9 Å². The molecule has 0 spiro atoms. The van der Waals surface area contributed by atoms with Gasteiger partial charge < -0.3 is 14.0 Å². The lowest BCUT2D eigenvalue weighted by atomic mass is 10.2. The van der Waals surface area contributed by atoms with Crippen molar-refractivity contribution in [1.29, 1.82) is 0 Å². The van der Waals surface area contributed by atoms with E-state index in [1.54, 1.807) is 7.11 Å². The Morgan fingerprint density at radius 1 is 1.32 bits per heavy atom. The van der Waals surface area contributed by atoms with E-state index in [0.717, 1.165) is 40.4 Å². The highest BCUT2D eigenvalue weighted by atomic mass is 79.9. The number of methoxy groups -OCH3 is 1. The summed E-state index contributed by atoms with van der Waals surface area (Å²) in [5, 5.41) is 8.57. The first-order valence-corrected chi connectivity index (χ1v) is 6.92. The van der Waals surface area contributed by atoms with E-state index in [4.69, 9.17) is 9.47 Å². The van der Waals surface area contributed by atoms with Crippen molar-refractivity contribution in [3.05, 3.63) is 28.5 Å². The van der Waals surface area contributed by atoms with Gasteiger partial charge in [-0.2, -0.15) is 0 Å². The topological polar surface area (TPSA) is 49.2 Å². The number of ether oxygens (including phenoxy) is 2. The minimum absolute atomic E-state index is 0.691. The molecule has 0 bridgehead atoms. The monoisotopic (exact) mass is 323 g/mol. The van der Waals surface area contributed by atoms with Gasteiger partial charge in [-0.05, 0) is 18.2 Å². The van der Waals surface area contributed by atoms with Crippen LogP contribution >= 0.6 is 15.9 Å². The largest absolute Gasteiger partial charge is 0.496 e. The maximum Gasteiger partial charge on any atom is 0.167 e. The fourth-order valence-electron chi connectivity index (χ4n) is 2.23. The summed E-state index contributed by atoms with van der Waals surface area (Å²) < 4.78 is 14.0. The number of hydrogen-bond donors (Lipinski definition) is 0. The van der Waals surface area contributed by atoms with Crippen molar-refractivity contribution in [1.82, 2.24) is 14.8 Å². The van der Waals surface area contributed by atoms with Gasteiger partial charge >= 0.3 is 0 Å². The number of nitrogens with zero attached hydrogens (tertiary/aromatic N) is 3. The second kappa shape index (κ2) is 5.30. The third-order valence-corrected chi connectivity index (χ3v) is 3.65. The molecule has 1 aliphatic heterocycles. The Bertz CT molecular complexity index is 598. The van der Waals surface area contributed by atoms with Crippen LogP contribution in [0, 0.1) is 0 Å². The van der Waals surface area contributed by atoms with Crippen molar-refractivity contribution >= 4 is 15.9 Å². The fourth-order valence-corrected chi connectivity index (χ4v) is 2.57. The number of rotatable bonds is 2. The van der Waals surface area contributed by atoms with E-state index in [2.05, 4.69) is 30.7 Å². The average molecular weight is 324 g/mol. The van der Waals surface area contributed by atoms with E-state index in [9.17, 15) is 0 Å². The molecule has 0 fully saturated rings. The van der Waals surface area contributed by atoms with Gasteiger partial charge in [-0.3, -0.25) is 0 Å². The number of halogens is 1. The zero-order valence-electron chi connectivity index (χ0n) is 10.6. The lowest BCUT2D eigenvalue weighted by Gasteiger charge is -2.10. The Labute approximate surface area is 119 Å². The zero-order chi connectivity index (χ0) is 13.2. The Morgan fingerprint density at radius 2 is 2.21 bits per heavy atom. The summed E-state index contributed by atoms with van der Waals surface area (Å²) in [7, 11) is 1.66. The lowest BCUT2D eigenvalue weighted by Crippen LogP contribution is -2.06. The van der Waals surface area contributed by atoms with E-state index < -0.39 is 0 Å². The molecular formula is C13H14BrN3O2. The van der Waals surface area contributed by atoms with Crippen LogP contribution < -0.4 is 4.74 Å². The molecule has 5 nitrogen and oxygen atoms in total. The highest BCUT2D eigenvalue weighted by molar-refractivity contribution is 9.10. The van der Waals surface area contributed by atoms with Gasteiger partial charge in [-0.25, -0.2) is 0 Å². The smallest absolute Gasteiger partial charge is 0.167 e. The first kappa shape index (κ1) is 12.6. The van der Waals surface area contributed by atoms with Crippen LogP contribution in [0.5, 0.6) is 5.75 Å². The van der Waals surface area contributed by atoms with Gasteiger partial charge in [-0.15, -0.1) is 10.2 Å². The summed E-state index contributed by atoms with van der Waals surface area (Å²) in [5.41, 5.74) is 0.950. The van der Waals surface area contributed by atoms with Crippen molar-refractivity contribution < 1.29 is 9.47 Å². The molecule has 1 aromatic carbocycles. The van der Waals surface area contributed by atoms with E-state index in [1.165, 1.54) is 0 Å². The lowest BCUT2D eigenvalue weighted by molar-refractivity contribution is 0.140. The van der Waals surface area contributed by atoms with Crippen molar-refractivity contribution in [3.63, 3.8) is 0 Å². The molecule has 0 unspecified atom stereocenters. The third-order valence-electron chi connectivity index (χ3n) is 3.16. The van der Waals surface area contributed by atoms with Gasteiger partial charge in [0, 0.05) is 17.4 Å². The number of hydrogen-bond acceptors (Lipinski definition) is 4. The molecule has 1 aromatic heterocycles. The highest BCUT2D eigenvalue weighted by Crippen LogP contribution is 2.32. The molecule has 6 heteroatoms. The molecule has 0 atom stereocenters. The maximum absolute atomic E-state index is 5.47. The number of benzene rings is 1. The molecule has 100 valence electrons. The summed E-state index contributed by atoms with van der Waals surface area (Å²) in [5.74, 6) is 2.59. The third kappa shape index (κ3) is 2.37. The number of fused-ring (bicyclic) bond motifs is 1. The van der Waals surface area contributed by atoms with Crippen LogP contribution in [0.15, 0.2) is 22.7 Å². The first-order valence-electron chi connectivity index (χ1n) is 6.13. The van der Waals surface area contributed by atoms with Crippen LogP contribution in [0.3, 0.4) is 0 Å². The molecule has 1 aliphatic rings. The van der Waals surface area contributed by atoms with Crippen LogP contribution in [0.2, 0.25) is 0 Å². The minimum Gasteiger partial charge on any atom is -0.496 e. The summed E-state index contributed by atoms with van der Waals surface area (Å²) in [6.07, 6.45) is 0.797. The SMILES string of the molecule is COc1cc(Br)ccc1-c1nnc2n1CCOCC2. The predicted octanol–water partition coefficient (Wildman–Crippen LogP) is 2.29. The van der Waals surface area contributed by atoms with Crippen LogP contribution in [0.4, 0.5) is 0 Å². The molecule has 0 amide bonds. The normalized spacial score (nSPS) is 14.8.